The predicted molar refractivity (Wildman–Crippen MR) is 98.8 cm³/mol. The zero-order valence-corrected chi connectivity index (χ0v) is 14.5. The number of rotatable bonds is 7. The van der Waals surface area contributed by atoms with Crippen LogP contribution in [0.4, 0.5) is 11.4 Å². The van der Waals surface area contributed by atoms with Gasteiger partial charge in [0.1, 0.15) is 0 Å². The molecule has 0 spiro atoms. The van der Waals surface area contributed by atoms with E-state index in [9.17, 15) is 9.59 Å². The third-order valence-electron chi connectivity index (χ3n) is 4.02. The zero-order chi connectivity index (χ0) is 17.5. The van der Waals surface area contributed by atoms with Crippen molar-refractivity contribution in [3.63, 3.8) is 0 Å². The molecule has 126 valence electrons. The van der Waals surface area contributed by atoms with Crippen LogP contribution in [0.15, 0.2) is 48.5 Å². The van der Waals surface area contributed by atoms with E-state index >= 15 is 0 Å². The Balaban J connectivity index is 1.92. The quantitative estimate of drug-likeness (QED) is 0.782. The van der Waals surface area contributed by atoms with Crippen molar-refractivity contribution in [1.29, 1.82) is 0 Å². The zero-order valence-electron chi connectivity index (χ0n) is 14.5. The number of benzene rings is 2. The Bertz CT molecular complexity index is 708. The first-order valence-corrected chi connectivity index (χ1v) is 8.22. The highest BCUT2D eigenvalue weighted by Crippen LogP contribution is 2.19. The van der Waals surface area contributed by atoms with Crippen LogP contribution >= 0.6 is 0 Å². The van der Waals surface area contributed by atoms with E-state index in [0.717, 1.165) is 6.54 Å². The number of carbonyl (C=O) groups excluding carboxylic acids is 2. The molecule has 4 nitrogen and oxygen atoms in total. The summed E-state index contributed by atoms with van der Waals surface area (Å²) in [5.74, 6) is -0.0118. The number of nitrogens with one attached hydrogen (secondary N) is 1. The molecule has 0 aliphatic heterocycles. The molecule has 1 amide bonds. The SMILES string of the molecule is CCN(CCC(=O)Nc1ccc(C(C)=O)cc1)c1ccccc1C. The molecule has 0 aliphatic carbocycles. The van der Waals surface area contributed by atoms with Gasteiger partial charge in [0.15, 0.2) is 5.78 Å². The van der Waals surface area contributed by atoms with Crippen molar-refractivity contribution in [2.75, 3.05) is 23.3 Å². The van der Waals surface area contributed by atoms with Crippen LogP contribution in [0.2, 0.25) is 0 Å². The number of amides is 1. The van der Waals surface area contributed by atoms with E-state index in [-0.39, 0.29) is 11.7 Å². The minimum absolute atomic E-state index is 0.0182. The molecule has 2 rings (SSSR count). The minimum atomic E-state index is -0.0300. The molecule has 0 heterocycles. The van der Waals surface area contributed by atoms with Gasteiger partial charge in [0.2, 0.25) is 5.91 Å². The largest absolute Gasteiger partial charge is 0.371 e. The highest BCUT2D eigenvalue weighted by molar-refractivity contribution is 5.95. The molecule has 2 aromatic carbocycles. The Hall–Kier alpha value is -2.62. The minimum Gasteiger partial charge on any atom is -0.371 e. The van der Waals surface area contributed by atoms with Crippen molar-refractivity contribution in [2.24, 2.45) is 0 Å². The predicted octanol–water partition coefficient (Wildman–Crippen LogP) is 4.05. The number of anilines is 2. The van der Waals surface area contributed by atoms with Crippen LogP contribution in [0.3, 0.4) is 0 Å². The van der Waals surface area contributed by atoms with Crippen LogP contribution in [-0.2, 0) is 4.79 Å². The standard InChI is InChI=1S/C20H24N2O2/c1-4-22(19-8-6-5-7-15(19)2)14-13-20(24)21-18-11-9-17(10-12-18)16(3)23/h5-12H,4,13-14H2,1-3H3,(H,21,24). The molecule has 0 unspecified atom stereocenters. The van der Waals surface area contributed by atoms with Gasteiger partial charge in [0.25, 0.3) is 0 Å². The van der Waals surface area contributed by atoms with E-state index in [1.54, 1.807) is 24.3 Å². The number of nitrogens with zero attached hydrogens (tertiary/aromatic N) is 1. The van der Waals surface area contributed by atoms with Crippen LogP contribution in [0, 0.1) is 6.92 Å². The van der Waals surface area contributed by atoms with Crippen molar-refractivity contribution in [3.05, 3.63) is 59.7 Å². The van der Waals surface area contributed by atoms with Gasteiger partial charge in [-0.3, -0.25) is 9.59 Å². The number of hydrogen-bond donors (Lipinski definition) is 1. The Morgan fingerprint density at radius 2 is 1.71 bits per heavy atom. The fourth-order valence-electron chi connectivity index (χ4n) is 2.62. The average Bonchev–Trinajstić information content (AvgIpc) is 2.57. The number of hydrogen-bond acceptors (Lipinski definition) is 3. The lowest BCUT2D eigenvalue weighted by molar-refractivity contribution is -0.116. The summed E-state index contributed by atoms with van der Waals surface area (Å²) in [4.78, 5) is 25.6. The lowest BCUT2D eigenvalue weighted by atomic mass is 10.1. The lowest BCUT2D eigenvalue weighted by Gasteiger charge is -2.24. The topological polar surface area (TPSA) is 49.4 Å². The molecule has 0 aromatic heterocycles. The smallest absolute Gasteiger partial charge is 0.226 e. The Morgan fingerprint density at radius 3 is 2.29 bits per heavy atom. The summed E-state index contributed by atoms with van der Waals surface area (Å²) in [6.45, 7) is 7.21. The highest BCUT2D eigenvalue weighted by Gasteiger charge is 2.10. The number of ketones is 1. The highest BCUT2D eigenvalue weighted by atomic mass is 16.1. The van der Waals surface area contributed by atoms with Gasteiger partial charge in [-0.25, -0.2) is 0 Å². The maximum Gasteiger partial charge on any atom is 0.226 e. The van der Waals surface area contributed by atoms with Gasteiger partial charge in [-0.05, 0) is 56.7 Å². The first-order valence-electron chi connectivity index (χ1n) is 8.22. The van der Waals surface area contributed by atoms with Crippen molar-refractivity contribution < 1.29 is 9.59 Å². The average molecular weight is 324 g/mol. The second-order valence-corrected chi connectivity index (χ2v) is 5.80. The molecule has 0 fully saturated rings. The summed E-state index contributed by atoms with van der Waals surface area (Å²) in [5.41, 5.74) is 3.73. The van der Waals surface area contributed by atoms with E-state index < -0.39 is 0 Å². The molecule has 0 bridgehead atoms. The Kier molecular flexibility index (Phi) is 6.13. The van der Waals surface area contributed by atoms with Crippen molar-refractivity contribution in [3.8, 4) is 0 Å². The molecule has 0 atom stereocenters. The molecule has 0 saturated heterocycles. The molecule has 0 radical (unpaired) electrons. The van der Waals surface area contributed by atoms with Crippen LogP contribution in [-0.4, -0.2) is 24.8 Å². The van der Waals surface area contributed by atoms with Crippen molar-refractivity contribution >= 4 is 23.1 Å². The van der Waals surface area contributed by atoms with Gasteiger partial charge < -0.3 is 10.2 Å². The summed E-state index contributed by atoms with van der Waals surface area (Å²) in [6.07, 6.45) is 0.413. The number of para-hydroxylation sites is 1. The molecule has 2 aromatic rings. The third kappa shape index (κ3) is 4.69. The van der Waals surface area contributed by atoms with Crippen LogP contribution in [0.25, 0.3) is 0 Å². The third-order valence-corrected chi connectivity index (χ3v) is 4.02. The fraction of sp³-hybridized carbons (Fsp3) is 0.300. The number of carbonyl (C=O) groups is 2. The van der Waals surface area contributed by atoms with Gasteiger partial charge in [0, 0.05) is 36.4 Å². The molecular formula is C20H24N2O2. The lowest BCUT2D eigenvalue weighted by Crippen LogP contribution is -2.28. The Morgan fingerprint density at radius 1 is 1.04 bits per heavy atom. The summed E-state index contributed by atoms with van der Waals surface area (Å²) >= 11 is 0. The second-order valence-electron chi connectivity index (χ2n) is 5.80. The maximum atomic E-state index is 12.2. The molecule has 24 heavy (non-hydrogen) atoms. The Labute approximate surface area is 143 Å². The van der Waals surface area contributed by atoms with Gasteiger partial charge in [-0.2, -0.15) is 0 Å². The number of Topliss-reactive ketones (excluding diaryl/α,β-unsaturated/α-hetero) is 1. The second kappa shape index (κ2) is 8.29. The fourth-order valence-corrected chi connectivity index (χ4v) is 2.62. The molecular weight excluding hydrogens is 300 g/mol. The van der Waals surface area contributed by atoms with E-state index in [1.165, 1.54) is 18.2 Å². The van der Waals surface area contributed by atoms with Gasteiger partial charge >= 0.3 is 0 Å². The van der Waals surface area contributed by atoms with E-state index in [2.05, 4.69) is 36.2 Å². The van der Waals surface area contributed by atoms with Crippen LogP contribution in [0.1, 0.15) is 36.2 Å². The van der Waals surface area contributed by atoms with Crippen LogP contribution < -0.4 is 10.2 Å². The van der Waals surface area contributed by atoms with E-state index in [4.69, 9.17) is 0 Å². The summed E-state index contributed by atoms with van der Waals surface area (Å²) < 4.78 is 0. The normalized spacial score (nSPS) is 10.3. The molecule has 1 N–H and O–H groups in total. The molecule has 0 saturated carbocycles. The van der Waals surface area contributed by atoms with Crippen LogP contribution in [0.5, 0.6) is 0 Å². The monoisotopic (exact) mass is 324 g/mol. The van der Waals surface area contributed by atoms with Gasteiger partial charge in [-0.1, -0.05) is 18.2 Å². The van der Waals surface area contributed by atoms with E-state index in [0.29, 0.717) is 24.2 Å². The summed E-state index contributed by atoms with van der Waals surface area (Å²) in [7, 11) is 0. The summed E-state index contributed by atoms with van der Waals surface area (Å²) in [5, 5.41) is 2.88. The molecule has 0 aliphatic rings. The first-order chi connectivity index (χ1) is 11.5. The number of aryl methyl sites for hydroxylation is 1. The maximum absolute atomic E-state index is 12.2. The van der Waals surface area contributed by atoms with E-state index in [1.807, 2.05) is 12.1 Å². The van der Waals surface area contributed by atoms with Crippen molar-refractivity contribution in [2.45, 2.75) is 27.2 Å². The first kappa shape index (κ1) is 17.7. The molecule has 4 heteroatoms. The van der Waals surface area contributed by atoms with Gasteiger partial charge in [-0.15, -0.1) is 0 Å². The van der Waals surface area contributed by atoms with Crippen molar-refractivity contribution in [1.82, 2.24) is 0 Å². The summed E-state index contributed by atoms with van der Waals surface area (Å²) in [6, 6.07) is 15.2. The van der Waals surface area contributed by atoms with Gasteiger partial charge in [0.05, 0.1) is 0 Å².